The second kappa shape index (κ2) is 7.40. The van der Waals surface area contributed by atoms with Crippen LogP contribution in [-0.4, -0.2) is 46.8 Å². The maximum Gasteiger partial charge on any atom is 0.307 e. The van der Waals surface area contributed by atoms with Crippen molar-refractivity contribution in [2.75, 3.05) is 20.2 Å². The first-order valence-corrected chi connectivity index (χ1v) is 7.13. The molecule has 0 aliphatic heterocycles. The summed E-state index contributed by atoms with van der Waals surface area (Å²) < 4.78 is 6.25. The Morgan fingerprint density at radius 3 is 2.59 bits per heavy atom. The normalized spacial score (nSPS) is 10.3. The molecule has 6 heteroatoms. The van der Waals surface area contributed by atoms with Gasteiger partial charge in [-0.2, -0.15) is 5.10 Å². The Bertz CT molecular complexity index is 637. The predicted octanol–water partition coefficient (Wildman–Crippen LogP) is 1.90. The zero-order valence-corrected chi connectivity index (χ0v) is 12.7. The standard InChI is InChI=1S/C16H19N3O3/c1-3-18(11-10-15(20)22-2)16(21)14-9-12-19(17-14)13-7-5-4-6-8-13/h4-9,12H,3,10-11H2,1-2H3. The smallest absolute Gasteiger partial charge is 0.307 e. The molecule has 6 nitrogen and oxygen atoms in total. The maximum atomic E-state index is 12.4. The molecule has 1 aromatic heterocycles. The lowest BCUT2D eigenvalue weighted by Crippen LogP contribution is -2.33. The topological polar surface area (TPSA) is 64.4 Å². The van der Waals surface area contributed by atoms with Gasteiger partial charge in [-0.3, -0.25) is 9.59 Å². The van der Waals surface area contributed by atoms with Crippen molar-refractivity contribution in [1.82, 2.24) is 14.7 Å². The van der Waals surface area contributed by atoms with Crippen LogP contribution in [0.1, 0.15) is 23.8 Å². The number of ether oxygens (including phenoxy) is 1. The second-order valence-electron chi connectivity index (χ2n) is 4.69. The fourth-order valence-electron chi connectivity index (χ4n) is 2.06. The summed E-state index contributed by atoms with van der Waals surface area (Å²) in [5, 5.41) is 4.31. The van der Waals surface area contributed by atoms with Gasteiger partial charge < -0.3 is 9.64 Å². The molecular formula is C16H19N3O3. The summed E-state index contributed by atoms with van der Waals surface area (Å²) >= 11 is 0. The third-order valence-corrected chi connectivity index (χ3v) is 3.31. The van der Waals surface area contributed by atoms with Gasteiger partial charge in [-0.15, -0.1) is 0 Å². The summed E-state index contributed by atoms with van der Waals surface area (Å²) in [4.78, 5) is 25.2. The minimum atomic E-state index is -0.332. The lowest BCUT2D eigenvalue weighted by Gasteiger charge is -2.18. The Morgan fingerprint density at radius 2 is 1.95 bits per heavy atom. The number of aromatic nitrogens is 2. The predicted molar refractivity (Wildman–Crippen MR) is 81.8 cm³/mol. The summed E-state index contributed by atoms with van der Waals surface area (Å²) in [5.74, 6) is -0.526. The van der Waals surface area contributed by atoms with Crippen LogP contribution in [0.4, 0.5) is 0 Å². The Morgan fingerprint density at radius 1 is 1.23 bits per heavy atom. The first kappa shape index (κ1) is 15.8. The molecule has 116 valence electrons. The summed E-state index contributed by atoms with van der Waals surface area (Å²) in [7, 11) is 1.34. The molecule has 0 radical (unpaired) electrons. The van der Waals surface area contributed by atoms with Crippen molar-refractivity contribution in [3.8, 4) is 5.69 Å². The van der Waals surface area contributed by atoms with Crippen LogP contribution in [0, 0.1) is 0 Å². The molecule has 0 atom stereocenters. The van der Waals surface area contributed by atoms with Crippen LogP contribution in [-0.2, 0) is 9.53 Å². The van der Waals surface area contributed by atoms with E-state index in [1.165, 1.54) is 7.11 Å². The summed E-state index contributed by atoms with van der Waals surface area (Å²) in [5.41, 5.74) is 1.25. The fraction of sp³-hybridized carbons (Fsp3) is 0.312. The van der Waals surface area contributed by atoms with Gasteiger partial charge >= 0.3 is 5.97 Å². The van der Waals surface area contributed by atoms with Gasteiger partial charge in [-0.1, -0.05) is 18.2 Å². The van der Waals surface area contributed by atoms with Crippen LogP contribution in [0.3, 0.4) is 0 Å². The first-order valence-electron chi connectivity index (χ1n) is 7.13. The highest BCUT2D eigenvalue weighted by Gasteiger charge is 2.18. The van der Waals surface area contributed by atoms with E-state index in [0.717, 1.165) is 5.69 Å². The van der Waals surface area contributed by atoms with Crippen LogP contribution in [0.2, 0.25) is 0 Å². The number of methoxy groups -OCH3 is 1. The number of benzene rings is 1. The van der Waals surface area contributed by atoms with Crippen molar-refractivity contribution in [3.63, 3.8) is 0 Å². The Labute approximate surface area is 129 Å². The third kappa shape index (κ3) is 3.72. The molecule has 1 aromatic carbocycles. The van der Waals surface area contributed by atoms with E-state index in [0.29, 0.717) is 18.8 Å². The van der Waals surface area contributed by atoms with E-state index in [1.54, 1.807) is 21.8 Å². The molecule has 1 amide bonds. The van der Waals surface area contributed by atoms with Crippen LogP contribution >= 0.6 is 0 Å². The minimum absolute atomic E-state index is 0.176. The highest BCUT2D eigenvalue weighted by Crippen LogP contribution is 2.09. The van der Waals surface area contributed by atoms with E-state index in [1.807, 2.05) is 37.3 Å². The number of esters is 1. The maximum absolute atomic E-state index is 12.4. The van der Waals surface area contributed by atoms with Crippen molar-refractivity contribution in [1.29, 1.82) is 0 Å². The van der Waals surface area contributed by atoms with E-state index >= 15 is 0 Å². The van der Waals surface area contributed by atoms with Crippen LogP contribution in [0.15, 0.2) is 42.6 Å². The molecule has 0 bridgehead atoms. The molecule has 0 aliphatic rings. The summed E-state index contributed by atoms with van der Waals surface area (Å²) in [6.45, 7) is 2.69. The van der Waals surface area contributed by atoms with Crippen LogP contribution in [0.5, 0.6) is 0 Å². The number of carbonyl (C=O) groups excluding carboxylic acids is 2. The number of hydrogen-bond donors (Lipinski definition) is 0. The average Bonchev–Trinajstić information content (AvgIpc) is 3.05. The van der Waals surface area contributed by atoms with Crippen LogP contribution < -0.4 is 0 Å². The molecule has 0 spiro atoms. The van der Waals surface area contributed by atoms with Gasteiger partial charge in [-0.05, 0) is 25.1 Å². The molecular weight excluding hydrogens is 282 g/mol. The Balaban J connectivity index is 2.08. The second-order valence-corrected chi connectivity index (χ2v) is 4.69. The minimum Gasteiger partial charge on any atom is -0.469 e. The number of nitrogens with zero attached hydrogens (tertiary/aromatic N) is 3. The number of amides is 1. The number of carbonyl (C=O) groups is 2. The quantitative estimate of drug-likeness (QED) is 0.764. The highest BCUT2D eigenvalue weighted by molar-refractivity contribution is 5.92. The molecule has 0 saturated carbocycles. The van der Waals surface area contributed by atoms with Gasteiger partial charge in [0.2, 0.25) is 0 Å². The molecule has 0 aliphatic carbocycles. The summed E-state index contributed by atoms with van der Waals surface area (Å²) in [6, 6.07) is 11.2. The number of para-hydroxylation sites is 1. The van der Waals surface area contributed by atoms with Gasteiger partial charge in [0.25, 0.3) is 5.91 Å². The molecule has 0 unspecified atom stereocenters. The molecule has 1 heterocycles. The number of hydrogen-bond acceptors (Lipinski definition) is 4. The van der Waals surface area contributed by atoms with E-state index in [2.05, 4.69) is 9.84 Å². The summed E-state index contributed by atoms with van der Waals surface area (Å²) in [6.07, 6.45) is 1.92. The Kier molecular flexibility index (Phi) is 5.30. The SMILES string of the molecule is CCN(CCC(=O)OC)C(=O)c1ccn(-c2ccccc2)n1. The van der Waals surface area contributed by atoms with Crippen molar-refractivity contribution in [2.45, 2.75) is 13.3 Å². The van der Waals surface area contributed by atoms with Crippen molar-refractivity contribution in [2.24, 2.45) is 0 Å². The van der Waals surface area contributed by atoms with Gasteiger partial charge in [0, 0.05) is 19.3 Å². The highest BCUT2D eigenvalue weighted by atomic mass is 16.5. The van der Waals surface area contributed by atoms with E-state index in [9.17, 15) is 9.59 Å². The lowest BCUT2D eigenvalue weighted by molar-refractivity contribution is -0.140. The van der Waals surface area contributed by atoms with Crippen molar-refractivity contribution >= 4 is 11.9 Å². The molecule has 0 N–H and O–H groups in total. The largest absolute Gasteiger partial charge is 0.469 e. The van der Waals surface area contributed by atoms with E-state index in [-0.39, 0.29) is 18.3 Å². The van der Waals surface area contributed by atoms with Gasteiger partial charge in [0.05, 0.1) is 19.2 Å². The van der Waals surface area contributed by atoms with E-state index in [4.69, 9.17) is 0 Å². The molecule has 2 aromatic rings. The monoisotopic (exact) mass is 301 g/mol. The zero-order chi connectivity index (χ0) is 15.9. The van der Waals surface area contributed by atoms with Crippen molar-refractivity contribution < 1.29 is 14.3 Å². The first-order chi connectivity index (χ1) is 10.7. The zero-order valence-electron chi connectivity index (χ0n) is 12.7. The van der Waals surface area contributed by atoms with Crippen LogP contribution in [0.25, 0.3) is 5.69 Å². The van der Waals surface area contributed by atoms with E-state index < -0.39 is 0 Å². The average molecular weight is 301 g/mol. The van der Waals surface area contributed by atoms with Gasteiger partial charge in [0.15, 0.2) is 5.69 Å². The molecule has 0 saturated heterocycles. The molecule has 22 heavy (non-hydrogen) atoms. The third-order valence-electron chi connectivity index (χ3n) is 3.31. The number of rotatable bonds is 6. The molecule has 2 rings (SSSR count). The van der Waals surface area contributed by atoms with Crippen molar-refractivity contribution in [3.05, 3.63) is 48.3 Å². The van der Waals surface area contributed by atoms with Gasteiger partial charge in [0.1, 0.15) is 0 Å². The Hall–Kier alpha value is -2.63. The fourth-order valence-corrected chi connectivity index (χ4v) is 2.06. The lowest BCUT2D eigenvalue weighted by atomic mass is 10.3. The van der Waals surface area contributed by atoms with Gasteiger partial charge in [-0.25, -0.2) is 4.68 Å². The molecule has 0 fully saturated rings.